The Hall–Kier alpha value is -2.53. The molecule has 37 heavy (non-hydrogen) atoms. The number of alkyl carbamates (subject to hydrolysis) is 1. The number of nitrogens with one attached hydrogen (secondary N) is 1. The molecular weight excluding hydrogens is 506 g/mol. The van der Waals surface area contributed by atoms with E-state index in [9.17, 15) is 9.18 Å². The van der Waals surface area contributed by atoms with Gasteiger partial charge in [0, 0.05) is 38.2 Å². The summed E-state index contributed by atoms with van der Waals surface area (Å²) in [5.74, 6) is -0.0643. The van der Waals surface area contributed by atoms with Gasteiger partial charge in [0.25, 0.3) is 0 Å². The molecule has 0 radical (unpaired) electrons. The zero-order chi connectivity index (χ0) is 26.2. The maximum absolute atomic E-state index is 15.1. The first-order valence-corrected chi connectivity index (χ1v) is 13.1. The standard InChI is InChI=1S/C25H31ClF2N6O3/c1-23(2,3)37-22(35)32-25-7-14(25)10-33(12-25)20-16-9-29-19(26)17(28)18(16)30-21(31-20)36-13-24-5-4-6-34(24)11-15(27)8-24/h9,14-15H,4-8,10-13H2,1-3H3,(H,32,35)/t14-,15+,24-,25+/m0/s1. The Morgan fingerprint density at radius 3 is 2.89 bits per heavy atom. The Labute approximate surface area is 218 Å². The highest BCUT2D eigenvalue weighted by atomic mass is 35.5. The summed E-state index contributed by atoms with van der Waals surface area (Å²) >= 11 is 5.97. The number of hydrogen-bond acceptors (Lipinski definition) is 8. The number of hydrogen-bond donors (Lipinski definition) is 1. The first-order valence-electron chi connectivity index (χ1n) is 12.8. The van der Waals surface area contributed by atoms with Gasteiger partial charge in [0.2, 0.25) is 0 Å². The van der Waals surface area contributed by atoms with E-state index in [0.29, 0.717) is 37.3 Å². The summed E-state index contributed by atoms with van der Waals surface area (Å²) in [5, 5.41) is 3.16. The lowest BCUT2D eigenvalue weighted by Crippen LogP contribution is -2.45. The van der Waals surface area contributed by atoms with Crippen LogP contribution in [0.5, 0.6) is 6.01 Å². The molecule has 6 rings (SSSR count). The second-order valence-electron chi connectivity index (χ2n) is 11.9. The molecule has 4 atom stereocenters. The van der Waals surface area contributed by atoms with Gasteiger partial charge in [-0.2, -0.15) is 9.97 Å². The number of anilines is 1. The fourth-order valence-electron chi connectivity index (χ4n) is 6.30. The van der Waals surface area contributed by atoms with Gasteiger partial charge in [-0.1, -0.05) is 11.6 Å². The van der Waals surface area contributed by atoms with Crippen molar-refractivity contribution < 1.29 is 23.0 Å². The molecule has 1 aliphatic carbocycles. The van der Waals surface area contributed by atoms with E-state index in [0.717, 1.165) is 25.8 Å². The third-order valence-corrected chi connectivity index (χ3v) is 8.29. The fourth-order valence-corrected chi connectivity index (χ4v) is 6.44. The van der Waals surface area contributed by atoms with Crippen LogP contribution < -0.4 is 15.0 Å². The van der Waals surface area contributed by atoms with Gasteiger partial charge in [0.15, 0.2) is 11.0 Å². The number of nitrogens with zero attached hydrogens (tertiary/aromatic N) is 5. The highest BCUT2D eigenvalue weighted by molar-refractivity contribution is 6.30. The van der Waals surface area contributed by atoms with Crippen LogP contribution in [-0.2, 0) is 4.74 Å². The minimum absolute atomic E-state index is 0.0157. The van der Waals surface area contributed by atoms with Gasteiger partial charge in [-0.05, 0) is 46.6 Å². The normalized spacial score (nSPS) is 30.9. The van der Waals surface area contributed by atoms with Gasteiger partial charge in [0.05, 0.1) is 16.5 Å². The number of piperidine rings is 1. The van der Waals surface area contributed by atoms with Gasteiger partial charge in [-0.25, -0.2) is 18.6 Å². The average Bonchev–Trinajstić information content (AvgIpc) is 3.08. The van der Waals surface area contributed by atoms with Crippen molar-refractivity contribution in [3.05, 3.63) is 17.2 Å². The fraction of sp³-hybridized carbons (Fsp3) is 0.680. The molecule has 0 aromatic carbocycles. The van der Waals surface area contributed by atoms with Crippen molar-refractivity contribution in [3.63, 3.8) is 0 Å². The number of pyridine rings is 1. The molecule has 200 valence electrons. The maximum atomic E-state index is 15.1. The molecule has 1 N–H and O–H groups in total. The minimum atomic E-state index is -0.885. The molecule has 1 amide bonds. The predicted molar refractivity (Wildman–Crippen MR) is 133 cm³/mol. The van der Waals surface area contributed by atoms with Crippen LogP contribution in [0.15, 0.2) is 6.20 Å². The third-order valence-electron chi connectivity index (χ3n) is 8.03. The lowest BCUT2D eigenvalue weighted by molar-refractivity contribution is 0.0498. The van der Waals surface area contributed by atoms with E-state index in [1.165, 1.54) is 6.20 Å². The molecule has 4 aliphatic rings. The van der Waals surface area contributed by atoms with E-state index in [-0.39, 0.29) is 34.7 Å². The lowest BCUT2D eigenvalue weighted by atomic mass is 9.95. The van der Waals surface area contributed by atoms with Crippen LogP contribution in [0.1, 0.15) is 46.5 Å². The second kappa shape index (κ2) is 8.49. The quantitative estimate of drug-likeness (QED) is 0.576. The predicted octanol–water partition coefficient (Wildman–Crippen LogP) is 3.88. The summed E-state index contributed by atoms with van der Waals surface area (Å²) in [6.07, 6.45) is 3.17. The van der Waals surface area contributed by atoms with Crippen LogP contribution in [-0.4, -0.2) is 81.6 Å². The Kier molecular flexibility index (Phi) is 5.69. The van der Waals surface area contributed by atoms with E-state index >= 15 is 4.39 Å². The Bertz CT molecular complexity index is 1260. The molecule has 3 saturated heterocycles. The Morgan fingerprint density at radius 2 is 2.11 bits per heavy atom. The number of halogens is 3. The van der Waals surface area contributed by atoms with Crippen LogP contribution >= 0.6 is 11.6 Å². The van der Waals surface area contributed by atoms with Gasteiger partial charge < -0.3 is 19.7 Å². The summed E-state index contributed by atoms with van der Waals surface area (Å²) in [5.41, 5.74) is -1.40. The first kappa shape index (κ1) is 24.8. The molecule has 5 heterocycles. The summed E-state index contributed by atoms with van der Waals surface area (Å²) < 4.78 is 40.8. The smallest absolute Gasteiger partial charge is 0.408 e. The summed E-state index contributed by atoms with van der Waals surface area (Å²) in [6.45, 7) is 8.03. The zero-order valence-electron chi connectivity index (χ0n) is 21.2. The molecule has 2 aromatic heterocycles. The number of carbonyl (C=O) groups is 1. The van der Waals surface area contributed by atoms with Gasteiger partial charge in [-0.15, -0.1) is 0 Å². The topological polar surface area (TPSA) is 92.7 Å². The lowest BCUT2D eigenvalue weighted by Gasteiger charge is -2.31. The van der Waals surface area contributed by atoms with Crippen molar-refractivity contribution in [2.45, 2.75) is 69.3 Å². The number of rotatable bonds is 5. The number of ether oxygens (including phenoxy) is 2. The summed E-state index contributed by atoms with van der Waals surface area (Å²) in [6, 6.07) is 0.0157. The van der Waals surface area contributed by atoms with Crippen molar-refractivity contribution in [1.29, 1.82) is 0 Å². The van der Waals surface area contributed by atoms with Gasteiger partial charge in [0.1, 0.15) is 29.7 Å². The zero-order valence-corrected chi connectivity index (χ0v) is 21.9. The van der Waals surface area contributed by atoms with Crippen molar-refractivity contribution >= 4 is 34.4 Å². The van der Waals surface area contributed by atoms with E-state index in [4.69, 9.17) is 21.1 Å². The molecule has 0 unspecified atom stereocenters. The van der Waals surface area contributed by atoms with Crippen LogP contribution in [0, 0.1) is 11.7 Å². The maximum Gasteiger partial charge on any atom is 0.408 e. The first-order chi connectivity index (χ1) is 17.5. The molecule has 1 saturated carbocycles. The van der Waals surface area contributed by atoms with Crippen molar-refractivity contribution in [2.24, 2.45) is 5.92 Å². The third kappa shape index (κ3) is 4.43. The van der Waals surface area contributed by atoms with E-state index < -0.39 is 29.2 Å². The number of carbonyl (C=O) groups excluding carboxylic acids is 1. The largest absolute Gasteiger partial charge is 0.461 e. The van der Waals surface area contributed by atoms with E-state index in [2.05, 4.69) is 25.2 Å². The Balaban J connectivity index is 1.27. The van der Waals surface area contributed by atoms with Gasteiger partial charge >= 0.3 is 12.1 Å². The van der Waals surface area contributed by atoms with Crippen molar-refractivity contribution in [3.8, 4) is 6.01 Å². The molecule has 0 spiro atoms. The molecule has 3 aliphatic heterocycles. The summed E-state index contributed by atoms with van der Waals surface area (Å²) in [7, 11) is 0. The minimum Gasteiger partial charge on any atom is -0.461 e. The highest BCUT2D eigenvalue weighted by Gasteiger charge is 2.62. The van der Waals surface area contributed by atoms with E-state index in [1.807, 2.05) is 25.7 Å². The van der Waals surface area contributed by atoms with E-state index in [1.54, 1.807) is 0 Å². The Morgan fingerprint density at radius 1 is 1.30 bits per heavy atom. The molecular formula is C25H31ClF2N6O3. The molecule has 4 fully saturated rings. The van der Waals surface area contributed by atoms with Crippen molar-refractivity contribution in [1.82, 2.24) is 25.2 Å². The number of fused-ring (bicyclic) bond motifs is 3. The molecule has 9 nitrogen and oxygen atoms in total. The van der Waals surface area contributed by atoms with Crippen LogP contribution in [0.2, 0.25) is 5.15 Å². The SMILES string of the molecule is CC(C)(C)OC(=O)N[C@@]12C[C@H]1CN(c1nc(OC[C@@]34CCCN3C[C@H](F)C4)nc3c(F)c(Cl)ncc13)C2. The van der Waals surface area contributed by atoms with Crippen LogP contribution in [0.25, 0.3) is 10.9 Å². The molecule has 12 heteroatoms. The van der Waals surface area contributed by atoms with Crippen LogP contribution in [0.3, 0.4) is 0 Å². The second-order valence-corrected chi connectivity index (χ2v) is 12.2. The molecule has 0 bridgehead atoms. The van der Waals surface area contributed by atoms with Crippen molar-refractivity contribution in [2.75, 3.05) is 37.7 Å². The number of alkyl halides is 1. The number of aromatic nitrogens is 3. The van der Waals surface area contributed by atoms with Gasteiger partial charge in [-0.3, -0.25) is 4.90 Å². The summed E-state index contributed by atoms with van der Waals surface area (Å²) in [4.78, 5) is 29.5. The number of amides is 1. The molecule has 2 aromatic rings. The average molecular weight is 537 g/mol. The monoisotopic (exact) mass is 536 g/mol. The van der Waals surface area contributed by atoms with Crippen LogP contribution in [0.4, 0.5) is 19.4 Å². The highest BCUT2D eigenvalue weighted by Crippen LogP contribution is 2.51.